The SMILES string of the molecule is CN(Cc1cc(Br)cs1)CC1CCCCC1O. The van der Waals surface area contributed by atoms with Crippen LogP contribution in [0.15, 0.2) is 15.9 Å². The summed E-state index contributed by atoms with van der Waals surface area (Å²) >= 11 is 5.27. The Bertz CT molecular complexity index is 355. The van der Waals surface area contributed by atoms with Crippen LogP contribution in [0.1, 0.15) is 30.6 Å². The Morgan fingerprint density at radius 2 is 2.24 bits per heavy atom. The summed E-state index contributed by atoms with van der Waals surface area (Å²) in [6.45, 7) is 2.00. The van der Waals surface area contributed by atoms with Gasteiger partial charge >= 0.3 is 0 Å². The van der Waals surface area contributed by atoms with E-state index in [4.69, 9.17) is 0 Å². The van der Waals surface area contributed by atoms with Gasteiger partial charge in [0.15, 0.2) is 0 Å². The summed E-state index contributed by atoms with van der Waals surface area (Å²) in [5.74, 6) is 0.470. The molecule has 1 aromatic heterocycles. The highest BCUT2D eigenvalue weighted by Crippen LogP contribution is 2.26. The Morgan fingerprint density at radius 1 is 1.47 bits per heavy atom. The minimum atomic E-state index is -0.0822. The number of hydrogen-bond donors (Lipinski definition) is 1. The fraction of sp³-hybridized carbons (Fsp3) is 0.692. The van der Waals surface area contributed by atoms with E-state index in [0.717, 1.165) is 19.5 Å². The van der Waals surface area contributed by atoms with Crippen molar-refractivity contribution in [2.24, 2.45) is 5.92 Å². The van der Waals surface area contributed by atoms with Crippen LogP contribution in [0.25, 0.3) is 0 Å². The first kappa shape index (κ1) is 13.5. The molecule has 1 aliphatic carbocycles. The lowest BCUT2D eigenvalue weighted by atomic mass is 9.86. The summed E-state index contributed by atoms with van der Waals surface area (Å²) in [6.07, 6.45) is 4.56. The highest BCUT2D eigenvalue weighted by molar-refractivity contribution is 9.10. The summed E-state index contributed by atoms with van der Waals surface area (Å²) in [5.41, 5.74) is 0. The van der Waals surface area contributed by atoms with E-state index >= 15 is 0 Å². The normalized spacial score (nSPS) is 25.4. The highest BCUT2D eigenvalue weighted by Gasteiger charge is 2.24. The molecular formula is C13H20BrNOS. The molecule has 1 heterocycles. The van der Waals surface area contributed by atoms with Gasteiger partial charge in [0.1, 0.15) is 0 Å². The molecule has 2 nitrogen and oxygen atoms in total. The van der Waals surface area contributed by atoms with Crippen molar-refractivity contribution in [1.82, 2.24) is 4.90 Å². The van der Waals surface area contributed by atoms with Crippen molar-refractivity contribution in [3.05, 3.63) is 20.8 Å². The zero-order valence-electron chi connectivity index (χ0n) is 10.2. The van der Waals surface area contributed by atoms with Crippen molar-refractivity contribution in [3.8, 4) is 0 Å². The first-order chi connectivity index (χ1) is 8.15. The van der Waals surface area contributed by atoms with Crippen LogP contribution in [0.2, 0.25) is 0 Å². The van der Waals surface area contributed by atoms with E-state index in [9.17, 15) is 5.11 Å². The largest absolute Gasteiger partial charge is 0.393 e. The minimum absolute atomic E-state index is 0.0822. The van der Waals surface area contributed by atoms with Crippen LogP contribution in [0.5, 0.6) is 0 Å². The lowest BCUT2D eigenvalue weighted by molar-refractivity contribution is 0.0503. The lowest BCUT2D eigenvalue weighted by Gasteiger charge is -2.31. The van der Waals surface area contributed by atoms with Crippen LogP contribution in [0.3, 0.4) is 0 Å². The molecule has 17 heavy (non-hydrogen) atoms. The van der Waals surface area contributed by atoms with Gasteiger partial charge in [0.2, 0.25) is 0 Å². The third-order valence-corrected chi connectivity index (χ3v) is 5.15. The van der Waals surface area contributed by atoms with Crippen molar-refractivity contribution in [2.75, 3.05) is 13.6 Å². The highest BCUT2D eigenvalue weighted by atomic mass is 79.9. The van der Waals surface area contributed by atoms with Gasteiger partial charge in [0.25, 0.3) is 0 Å². The summed E-state index contributed by atoms with van der Waals surface area (Å²) < 4.78 is 1.17. The number of hydrogen-bond acceptors (Lipinski definition) is 3. The van der Waals surface area contributed by atoms with E-state index in [-0.39, 0.29) is 6.10 Å². The van der Waals surface area contributed by atoms with Gasteiger partial charge in [0, 0.05) is 27.8 Å². The van der Waals surface area contributed by atoms with Gasteiger partial charge < -0.3 is 10.0 Å². The molecule has 2 atom stereocenters. The third kappa shape index (κ3) is 4.05. The Labute approximate surface area is 116 Å². The van der Waals surface area contributed by atoms with E-state index in [2.05, 4.69) is 39.3 Å². The predicted molar refractivity (Wildman–Crippen MR) is 76.3 cm³/mol. The predicted octanol–water partition coefficient (Wildman–Crippen LogP) is 3.49. The molecule has 0 aliphatic heterocycles. The molecule has 4 heteroatoms. The first-order valence-electron chi connectivity index (χ1n) is 6.24. The number of aliphatic hydroxyl groups excluding tert-OH is 1. The van der Waals surface area contributed by atoms with Crippen LogP contribution in [0, 0.1) is 5.92 Å². The van der Waals surface area contributed by atoms with Crippen molar-refractivity contribution >= 4 is 27.3 Å². The number of nitrogens with zero attached hydrogens (tertiary/aromatic N) is 1. The van der Waals surface area contributed by atoms with Crippen molar-refractivity contribution in [2.45, 2.75) is 38.3 Å². The molecule has 1 N–H and O–H groups in total. The maximum Gasteiger partial charge on any atom is 0.0580 e. The third-order valence-electron chi connectivity index (χ3n) is 3.46. The van der Waals surface area contributed by atoms with Gasteiger partial charge in [-0.15, -0.1) is 11.3 Å². The Hall–Kier alpha value is 0.1000. The van der Waals surface area contributed by atoms with Crippen LogP contribution in [-0.4, -0.2) is 29.7 Å². The van der Waals surface area contributed by atoms with E-state index < -0.39 is 0 Å². The van der Waals surface area contributed by atoms with Crippen LogP contribution in [0.4, 0.5) is 0 Å². The average molecular weight is 318 g/mol. The van der Waals surface area contributed by atoms with Crippen LogP contribution < -0.4 is 0 Å². The molecule has 0 bridgehead atoms. The number of aliphatic hydroxyl groups is 1. The maximum atomic E-state index is 9.96. The second-order valence-electron chi connectivity index (χ2n) is 5.04. The molecule has 2 rings (SSSR count). The topological polar surface area (TPSA) is 23.5 Å². The lowest BCUT2D eigenvalue weighted by Crippen LogP contribution is -2.34. The van der Waals surface area contributed by atoms with Gasteiger partial charge in [-0.25, -0.2) is 0 Å². The van der Waals surface area contributed by atoms with E-state index in [0.29, 0.717) is 5.92 Å². The standard InChI is InChI=1S/C13H20BrNOS/c1-15(8-12-6-11(14)9-17-12)7-10-4-2-3-5-13(10)16/h6,9-10,13,16H,2-5,7-8H2,1H3. The second kappa shape index (κ2) is 6.32. The summed E-state index contributed by atoms with van der Waals surface area (Å²) in [5, 5.41) is 12.1. The van der Waals surface area contributed by atoms with E-state index in [1.54, 1.807) is 11.3 Å². The summed E-state index contributed by atoms with van der Waals surface area (Å²) in [4.78, 5) is 3.71. The summed E-state index contributed by atoms with van der Waals surface area (Å²) in [7, 11) is 2.15. The molecule has 2 unspecified atom stereocenters. The number of halogens is 1. The fourth-order valence-electron chi connectivity index (χ4n) is 2.57. The molecule has 1 aromatic rings. The molecule has 0 saturated heterocycles. The van der Waals surface area contributed by atoms with E-state index in [1.807, 2.05) is 0 Å². The second-order valence-corrected chi connectivity index (χ2v) is 6.95. The first-order valence-corrected chi connectivity index (χ1v) is 7.92. The quantitative estimate of drug-likeness (QED) is 0.918. The average Bonchev–Trinajstić information content (AvgIpc) is 2.67. The molecule has 96 valence electrons. The van der Waals surface area contributed by atoms with Crippen LogP contribution >= 0.6 is 27.3 Å². The molecule has 1 saturated carbocycles. The number of rotatable bonds is 4. The monoisotopic (exact) mass is 317 g/mol. The molecule has 0 aromatic carbocycles. The molecule has 1 fully saturated rings. The maximum absolute atomic E-state index is 9.96. The Balaban J connectivity index is 1.82. The zero-order valence-corrected chi connectivity index (χ0v) is 12.6. The van der Waals surface area contributed by atoms with Gasteiger partial charge in [-0.2, -0.15) is 0 Å². The van der Waals surface area contributed by atoms with Crippen molar-refractivity contribution in [3.63, 3.8) is 0 Å². The molecule has 1 aliphatic rings. The Morgan fingerprint density at radius 3 is 2.88 bits per heavy atom. The number of thiophene rings is 1. The van der Waals surface area contributed by atoms with Gasteiger partial charge in [-0.3, -0.25) is 0 Å². The smallest absolute Gasteiger partial charge is 0.0580 e. The van der Waals surface area contributed by atoms with Crippen LogP contribution in [-0.2, 0) is 6.54 Å². The molecule has 0 amide bonds. The van der Waals surface area contributed by atoms with Crippen molar-refractivity contribution in [1.29, 1.82) is 0 Å². The molecule has 0 spiro atoms. The Kier molecular flexibility index (Phi) is 5.03. The van der Waals surface area contributed by atoms with Gasteiger partial charge in [-0.1, -0.05) is 12.8 Å². The summed E-state index contributed by atoms with van der Waals surface area (Å²) in [6, 6.07) is 2.18. The van der Waals surface area contributed by atoms with Gasteiger partial charge in [0.05, 0.1) is 6.10 Å². The minimum Gasteiger partial charge on any atom is -0.393 e. The molecular weight excluding hydrogens is 298 g/mol. The van der Waals surface area contributed by atoms with Gasteiger partial charge in [-0.05, 0) is 47.8 Å². The zero-order chi connectivity index (χ0) is 12.3. The van der Waals surface area contributed by atoms with Crippen molar-refractivity contribution < 1.29 is 5.11 Å². The van der Waals surface area contributed by atoms with E-state index in [1.165, 1.54) is 28.6 Å². The fourth-order valence-corrected chi connectivity index (χ4v) is 4.10. The molecule has 0 radical (unpaired) electrons.